The van der Waals surface area contributed by atoms with E-state index in [-0.39, 0.29) is 17.6 Å². The molecule has 1 saturated heterocycles. The van der Waals surface area contributed by atoms with Crippen LogP contribution in [-0.2, 0) is 11.3 Å². The first-order chi connectivity index (χ1) is 12.6. The van der Waals surface area contributed by atoms with Crippen LogP contribution >= 0.6 is 11.6 Å². The van der Waals surface area contributed by atoms with E-state index in [0.717, 1.165) is 25.9 Å². The summed E-state index contributed by atoms with van der Waals surface area (Å²) in [5.41, 5.74) is 1.28. The monoisotopic (exact) mass is 376 g/mol. The molecule has 3 rings (SSSR count). The van der Waals surface area contributed by atoms with Gasteiger partial charge >= 0.3 is 0 Å². The third kappa shape index (κ3) is 4.54. The second kappa shape index (κ2) is 8.52. The fourth-order valence-electron chi connectivity index (χ4n) is 3.23. The van der Waals surface area contributed by atoms with Gasteiger partial charge in [0.15, 0.2) is 0 Å². The summed E-state index contributed by atoms with van der Waals surface area (Å²) in [5, 5.41) is 3.46. The number of hydrogen-bond acceptors (Lipinski definition) is 3. The van der Waals surface area contributed by atoms with Crippen molar-refractivity contribution in [3.05, 3.63) is 58.9 Å². The van der Waals surface area contributed by atoms with Crippen molar-refractivity contribution in [3.63, 3.8) is 0 Å². The molecule has 1 aliphatic rings. The minimum atomic E-state index is -0.180. The summed E-state index contributed by atoms with van der Waals surface area (Å²) in [6.07, 6.45) is 1.48. The van der Waals surface area contributed by atoms with Crippen molar-refractivity contribution in [2.24, 2.45) is 5.92 Å². The molecule has 26 heavy (non-hydrogen) atoms. The second-order valence-corrected chi connectivity index (χ2v) is 6.91. The van der Waals surface area contributed by atoms with Crippen LogP contribution in [0.1, 0.15) is 18.4 Å². The Balaban J connectivity index is 1.55. The van der Waals surface area contributed by atoms with Crippen LogP contribution < -0.4 is 10.1 Å². The van der Waals surface area contributed by atoms with E-state index in [9.17, 15) is 9.18 Å². The highest BCUT2D eigenvalue weighted by molar-refractivity contribution is 6.31. The number of rotatable bonds is 5. The molecule has 0 saturated carbocycles. The Hall–Kier alpha value is -2.11. The lowest BCUT2D eigenvalue weighted by Crippen LogP contribution is -2.38. The van der Waals surface area contributed by atoms with E-state index >= 15 is 0 Å². The van der Waals surface area contributed by atoms with E-state index in [1.165, 1.54) is 6.07 Å². The van der Waals surface area contributed by atoms with Gasteiger partial charge in [-0.25, -0.2) is 4.39 Å². The van der Waals surface area contributed by atoms with Gasteiger partial charge in [-0.2, -0.15) is 0 Å². The Kier molecular flexibility index (Phi) is 6.12. The summed E-state index contributed by atoms with van der Waals surface area (Å²) in [5.74, 6) is 0.298. The average Bonchev–Trinajstić information content (AvgIpc) is 2.64. The average molecular weight is 377 g/mol. The Morgan fingerprint density at radius 1 is 1.27 bits per heavy atom. The topological polar surface area (TPSA) is 41.6 Å². The van der Waals surface area contributed by atoms with Crippen molar-refractivity contribution < 1.29 is 13.9 Å². The lowest BCUT2D eigenvalue weighted by molar-refractivity contribution is -0.121. The first kappa shape index (κ1) is 18.7. The predicted octanol–water partition coefficient (Wildman–Crippen LogP) is 4.34. The summed E-state index contributed by atoms with van der Waals surface area (Å²) >= 11 is 6.01. The molecule has 1 fully saturated rings. The van der Waals surface area contributed by atoms with Crippen molar-refractivity contribution in [3.8, 4) is 5.75 Å². The number of anilines is 1. The van der Waals surface area contributed by atoms with Crippen molar-refractivity contribution in [1.82, 2.24) is 4.90 Å². The van der Waals surface area contributed by atoms with Crippen LogP contribution in [0.4, 0.5) is 10.1 Å². The van der Waals surface area contributed by atoms with Crippen LogP contribution in [0.15, 0.2) is 42.5 Å². The smallest absolute Gasteiger partial charge is 0.227 e. The van der Waals surface area contributed by atoms with Gasteiger partial charge < -0.3 is 10.1 Å². The molecule has 0 atom stereocenters. The lowest BCUT2D eigenvalue weighted by Gasteiger charge is -2.31. The van der Waals surface area contributed by atoms with Gasteiger partial charge in [0.2, 0.25) is 5.91 Å². The minimum Gasteiger partial charge on any atom is -0.495 e. The first-order valence-electron chi connectivity index (χ1n) is 8.67. The predicted molar refractivity (Wildman–Crippen MR) is 101 cm³/mol. The fraction of sp³-hybridized carbons (Fsp3) is 0.350. The van der Waals surface area contributed by atoms with Crippen LogP contribution in [0.2, 0.25) is 5.02 Å². The van der Waals surface area contributed by atoms with Gasteiger partial charge in [0.1, 0.15) is 11.6 Å². The van der Waals surface area contributed by atoms with Crippen molar-refractivity contribution >= 4 is 23.2 Å². The zero-order valence-corrected chi connectivity index (χ0v) is 15.4. The number of amides is 1. The molecule has 1 aliphatic heterocycles. The molecule has 0 unspecified atom stereocenters. The molecule has 2 aromatic carbocycles. The molecule has 0 aromatic heterocycles. The number of methoxy groups -OCH3 is 1. The molecular formula is C20H22ClFN2O2. The maximum atomic E-state index is 13.8. The number of nitrogens with one attached hydrogen (secondary N) is 1. The van der Waals surface area contributed by atoms with E-state index in [1.54, 1.807) is 37.4 Å². The highest BCUT2D eigenvalue weighted by atomic mass is 35.5. The third-order valence-corrected chi connectivity index (χ3v) is 4.96. The van der Waals surface area contributed by atoms with Gasteiger partial charge in [-0.1, -0.05) is 29.8 Å². The number of carbonyl (C=O) groups excluding carboxylic acids is 1. The largest absolute Gasteiger partial charge is 0.495 e. The highest BCUT2D eigenvalue weighted by Crippen LogP contribution is 2.29. The standard InChI is InChI=1S/C20H22ClFN2O2/c1-26-19-7-6-16(21)12-18(19)23-20(25)14-8-10-24(11-9-14)13-15-4-2-3-5-17(15)22/h2-7,12,14H,8-11,13H2,1H3,(H,23,25). The molecule has 6 heteroatoms. The molecule has 2 aromatic rings. The molecular weight excluding hydrogens is 355 g/mol. The maximum absolute atomic E-state index is 13.8. The van der Waals surface area contributed by atoms with Crippen molar-refractivity contribution in [2.75, 3.05) is 25.5 Å². The van der Waals surface area contributed by atoms with Crippen LogP contribution in [0.3, 0.4) is 0 Å². The van der Waals surface area contributed by atoms with Crippen LogP contribution in [0, 0.1) is 11.7 Å². The summed E-state index contributed by atoms with van der Waals surface area (Å²) in [7, 11) is 1.56. The number of benzene rings is 2. The number of hydrogen-bond donors (Lipinski definition) is 1. The van der Waals surface area contributed by atoms with Gasteiger partial charge in [0.25, 0.3) is 0 Å². The number of likely N-dealkylation sites (tertiary alicyclic amines) is 1. The van der Waals surface area contributed by atoms with Crippen LogP contribution in [-0.4, -0.2) is 31.0 Å². The molecule has 1 amide bonds. The van der Waals surface area contributed by atoms with Crippen molar-refractivity contribution in [1.29, 1.82) is 0 Å². The van der Waals surface area contributed by atoms with E-state index < -0.39 is 0 Å². The first-order valence-corrected chi connectivity index (χ1v) is 9.05. The van der Waals surface area contributed by atoms with E-state index in [2.05, 4.69) is 10.2 Å². The second-order valence-electron chi connectivity index (χ2n) is 6.48. The number of nitrogens with zero attached hydrogens (tertiary/aromatic N) is 1. The normalized spacial score (nSPS) is 15.7. The van der Waals surface area contributed by atoms with Gasteiger partial charge in [0, 0.05) is 23.0 Å². The Morgan fingerprint density at radius 3 is 2.69 bits per heavy atom. The Labute approximate surface area is 157 Å². The molecule has 0 bridgehead atoms. The van der Waals surface area contributed by atoms with Crippen LogP contribution in [0.25, 0.3) is 0 Å². The van der Waals surface area contributed by atoms with Crippen molar-refractivity contribution in [2.45, 2.75) is 19.4 Å². The van der Waals surface area contributed by atoms with E-state index in [4.69, 9.17) is 16.3 Å². The maximum Gasteiger partial charge on any atom is 0.227 e. The summed E-state index contributed by atoms with van der Waals surface area (Å²) in [6.45, 7) is 2.10. The molecule has 0 aliphatic carbocycles. The van der Waals surface area contributed by atoms with E-state index in [0.29, 0.717) is 28.6 Å². The summed E-state index contributed by atoms with van der Waals surface area (Å²) in [4.78, 5) is 14.8. The fourth-order valence-corrected chi connectivity index (χ4v) is 3.41. The lowest BCUT2D eigenvalue weighted by atomic mass is 9.95. The van der Waals surface area contributed by atoms with E-state index in [1.807, 2.05) is 6.07 Å². The molecule has 1 N–H and O–H groups in total. The molecule has 0 radical (unpaired) electrons. The summed E-state index contributed by atoms with van der Waals surface area (Å²) < 4.78 is 19.0. The Bertz CT molecular complexity index is 776. The quantitative estimate of drug-likeness (QED) is 0.844. The summed E-state index contributed by atoms with van der Waals surface area (Å²) in [6, 6.07) is 12.0. The highest BCUT2D eigenvalue weighted by Gasteiger charge is 2.26. The zero-order valence-electron chi connectivity index (χ0n) is 14.7. The van der Waals surface area contributed by atoms with Crippen LogP contribution in [0.5, 0.6) is 5.75 Å². The molecule has 0 spiro atoms. The Morgan fingerprint density at radius 2 is 2.00 bits per heavy atom. The third-order valence-electron chi connectivity index (χ3n) is 4.73. The number of carbonyl (C=O) groups is 1. The van der Waals surface area contributed by atoms with Gasteiger partial charge in [0.05, 0.1) is 12.8 Å². The molecule has 4 nitrogen and oxygen atoms in total. The molecule has 1 heterocycles. The SMILES string of the molecule is COc1ccc(Cl)cc1NC(=O)C1CCN(Cc2ccccc2F)CC1. The zero-order chi connectivity index (χ0) is 18.5. The van der Waals surface area contributed by atoms with Gasteiger partial charge in [-0.3, -0.25) is 9.69 Å². The van der Waals surface area contributed by atoms with Gasteiger partial charge in [-0.05, 0) is 50.2 Å². The van der Waals surface area contributed by atoms with Gasteiger partial charge in [-0.15, -0.1) is 0 Å². The number of halogens is 2. The number of ether oxygens (including phenoxy) is 1. The number of piperidine rings is 1. The molecule has 138 valence electrons. The minimum absolute atomic E-state index is 0.0314.